The van der Waals surface area contributed by atoms with Gasteiger partial charge in [-0.05, 0) is 6.92 Å². The summed E-state index contributed by atoms with van der Waals surface area (Å²) >= 11 is 0. The summed E-state index contributed by atoms with van der Waals surface area (Å²) in [4.78, 5) is 6.55. The third-order valence-electron chi connectivity index (χ3n) is 0.907. The van der Waals surface area contributed by atoms with E-state index in [2.05, 4.69) is 9.97 Å². The second-order valence-electron chi connectivity index (χ2n) is 1.60. The number of halogens is 1. The van der Waals surface area contributed by atoms with Gasteiger partial charge < -0.3 is 5.11 Å². The molecule has 1 N–H and O–H groups in total. The second-order valence-corrected chi connectivity index (χ2v) is 1.60. The highest BCUT2D eigenvalue weighted by Crippen LogP contribution is 2.03. The summed E-state index contributed by atoms with van der Waals surface area (Å²) in [5, 5.41) is 8.55. The molecule has 9 heavy (non-hydrogen) atoms. The summed E-state index contributed by atoms with van der Waals surface area (Å²) in [6.45, 7) is 1.46. The molecule has 0 saturated heterocycles. The van der Waals surface area contributed by atoms with Crippen LogP contribution in [-0.4, -0.2) is 15.1 Å². The fourth-order valence-corrected chi connectivity index (χ4v) is 0.440. The van der Waals surface area contributed by atoms with Crippen LogP contribution in [0, 0.1) is 12.7 Å². The number of nitrogens with zero attached hydrogens (tertiary/aromatic N) is 2. The summed E-state index contributed by atoms with van der Waals surface area (Å²) in [5.74, 6) is -0.507. The van der Waals surface area contributed by atoms with E-state index in [-0.39, 0.29) is 5.69 Å². The van der Waals surface area contributed by atoms with E-state index in [9.17, 15) is 4.39 Å². The Balaban J connectivity index is 3.17. The molecule has 3 nitrogen and oxygen atoms in total. The van der Waals surface area contributed by atoms with Crippen molar-refractivity contribution in [3.63, 3.8) is 0 Å². The Kier molecular flexibility index (Phi) is 1.30. The molecule has 0 unspecified atom stereocenters. The molecule has 0 aliphatic heterocycles. The zero-order valence-electron chi connectivity index (χ0n) is 4.80. The summed E-state index contributed by atoms with van der Waals surface area (Å²) in [7, 11) is 0. The van der Waals surface area contributed by atoms with Crippen molar-refractivity contribution >= 4 is 0 Å². The molecule has 0 aliphatic rings. The van der Waals surface area contributed by atoms with Crippen molar-refractivity contribution in [2.75, 3.05) is 0 Å². The van der Waals surface area contributed by atoms with E-state index >= 15 is 0 Å². The summed E-state index contributed by atoms with van der Waals surface area (Å²) < 4.78 is 12.3. The highest BCUT2D eigenvalue weighted by Gasteiger charge is 1.98. The monoisotopic (exact) mass is 128 g/mol. The minimum absolute atomic E-state index is 0.155. The van der Waals surface area contributed by atoms with Crippen LogP contribution in [0.5, 0.6) is 6.01 Å². The summed E-state index contributed by atoms with van der Waals surface area (Å²) in [5.41, 5.74) is 0.155. The van der Waals surface area contributed by atoms with Crippen LogP contribution >= 0.6 is 0 Å². The molecule has 1 aromatic heterocycles. The normalized spacial score (nSPS) is 9.56. The minimum atomic E-state index is -0.507. The first-order valence-electron chi connectivity index (χ1n) is 2.38. The van der Waals surface area contributed by atoms with Gasteiger partial charge in [-0.3, -0.25) is 0 Å². The zero-order chi connectivity index (χ0) is 6.85. The van der Waals surface area contributed by atoms with Crippen LogP contribution in [0.2, 0.25) is 0 Å². The Labute approximate surface area is 51.2 Å². The molecule has 4 heteroatoms. The molecule has 0 spiro atoms. The van der Waals surface area contributed by atoms with Crippen molar-refractivity contribution in [2.24, 2.45) is 0 Å². The van der Waals surface area contributed by atoms with E-state index in [0.717, 1.165) is 6.20 Å². The van der Waals surface area contributed by atoms with Gasteiger partial charge in [0.05, 0.1) is 11.9 Å². The molecule has 0 aromatic carbocycles. The van der Waals surface area contributed by atoms with Gasteiger partial charge in [0.2, 0.25) is 0 Å². The first-order chi connectivity index (χ1) is 4.20. The molecular weight excluding hydrogens is 123 g/mol. The van der Waals surface area contributed by atoms with Crippen LogP contribution in [0.1, 0.15) is 5.69 Å². The van der Waals surface area contributed by atoms with Crippen molar-refractivity contribution in [1.29, 1.82) is 0 Å². The van der Waals surface area contributed by atoms with E-state index < -0.39 is 11.8 Å². The number of aryl methyl sites for hydroxylation is 1. The number of hydrogen-bond donors (Lipinski definition) is 1. The van der Waals surface area contributed by atoms with Crippen molar-refractivity contribution in [3.8, 4) is 6.01 Å². The van der Waals surface area contributed by atoms with Crippen molar-refractivity contribution < 1.29 is 9.50 Å². The first kappa shape index (κ1) is 5.94. The lowest BCUT2D eigenvalue weighted by Crippen LogP contribution is -1.88. The third-order valence-corrected chi connectivity index (χ3v) is 0.907. The smallest absolute Gasteiger partial charge is 0.314 e. The molecule has 0 saturated carbocycles. The van der Waals surface area contributed by atoms with Crippen LogP contribution in [0.15, 0.2) is 6.20 Å². The van der Waals surface area contributed by atoms with E-state index in [1.807, 2.05) is 0 Å². The van der Waals surface area contributed by atoms with Gasteiger partial charge >= 0.3 is 6.01 Å². The predicted molar refractivity (Wildman–Crippen MR) is 28.4 cm³/mol. The summed E-state index contributed by atoms with van der Waals surface area (Å²) in [6.07, 6.45) is 0.928. The van der Waals surface area contributed by atoms with Crippen LogP contribution in [0.3, 0.4) is 0 Å². The van der Waals surface area contributed by atoms with Gasteiger partial charge in [0, 0.05) is 0 Å². The average Bonchev–Trinajstić information content (AvgIpc) is 1.80. The lowest BCUT2D eigenvalue weighted by atomic mass is 10.4. The van der Waals surface area contributed by atoms with Gasteiger partial charge in [-0.25, -0.2) is 9.37 Å². The molecule has 0 aliphatic carbocycles. The second kappa shape index (κ2) is 1.97. The summed E-state index contributed by atoms with van der Waals surface area (Å²) in [6, 6.07) is -0.395. The number of rotatable bonds is 0. The maximum atomic E-state index is 12.3. The Bertz CT molecular complexity index is 226. The largest absolute Gasteiger partial charge is 0.479 e. The highest BCUT2D eigenvalue weighted by atomic mass is 19.1. The highest BCUT2D eigenvalue weighted by molar-refractivity contribution is 5.04. The Morgan fingerprint density at radius 3 is 2.78 bits per heavy atom. The minimum Gasteiger partial charge on any atom is -0.479 e. The fraction of sp³-hybridized carbons (Fsp3) is 0.200. The molecule has 0 bridgehead atoms. The van der Waals surface area contributed by atoms with Gasteiger partial charge in [0.15, 0.2) is 5.82 Å². The van der Waals surface area contributed by atoms with Gasteiger partial charge in [-0.15, -0.1) is 0 Å². The number of aromatic hydroxyl groups is 1. The topological polar surface area (TPSA) is 46.0 Å². The zero-order valence-corrected chi connectivity index (χ0v) is 4.80. The predicted octanol–water partition coefficient (Wildman–Crippen LogP) is 0.630. The molecule has 48 valence electrons. The molecule has 0 atom stereocenters. The number of hydrogen-bond acceptors (Lipinski definition) is 3. The third kappa shape index (κ3) is 1.13. The van der Waals surface area contributed by atoms with Crippen molar-refractivity contribution in [3.05, 3.63) is 17.7 Å². The van der Waals surface area contributed by atoms with Gasteiger partial charge in [-0.1, -0.05) is 0 Å². The van der Waals surface area contributed by atoms with E-state index in [1.54, 1.807) is 0 Å². The molecular formula is C5H5FN2O. The van der Waals surface area contributed by atoms with Crippen LogP contribution < -0.4 is 0 Å². The van der Waals surface area contributed by atoms with E-state index in [1.165, 1.54) is 6.92 Å². The maximum absolute atomic E-state index is 12.3. The lowest BCUT2D eigenvalue weighted by Gasteiger charge is -1.91. The van der Waals surface area contributed by atoms with Crippen LogP contribution in [0.25, 0.3) is 0 Å². The van der Waals surface area contributed by atoms with Gasteiger partial charge in [0.1, 0.15) is 0 Å². The Morgan fingerprint density at radius 2 is 2.33 bits per heavy atom. The Morgan fingerprint density at radius 1 is 1.67 bits per heavy atom. The molecule has 0 fully saturated rings. The maximum Gasteiger partial charge on any atom is 0.314 e. The van der Waals surface area contributed by atoms with Gasteiger partial charge in [-0.2, -0.15) is 4.98 Å². The molecule has 1 rings (SSSR count). The average molecular weight is 128 g/mol. The number of aromatic nitrogens is 2. The fourth-order valence-electron chi connectivity index (χ4n) is 0.440. The molecule has 0 radical (unpaired) electrons. The van der Waals surface area contributed by atoms with Crippen molar-refractivity contribution in [1.82, 2.24) is 9.97 Å². The Hall–Kier alpha value is -1.19. The lowest BCUT2D eigenvalue weighted by molar-refractivity contribution is 0.422. The standard InChI is InChI=1S/C5H5FN2O/c1-3-4(6)2-7-5(9)8-3/h2H,1H3,(H,7,8,9). The van der Waals surface area contributed by atoms with Crippen LogP contribution in [-0.2, 0) is 0 Å². The van der Waals surface area contributed by atoms with E-state index in [0.29, 0.717) is 0 Å². The quantitative estimate of drug-likeness (QED) is 0.557. The van der Waals surface area contributed by atoms with E-state index in [4.69, 9.17) is 5.11 Å². The molecule has 0 amide bonds. The first-order valence-corrected chi connectivity index (χ1v) is 2.38. The molecule has 1 aromatic rings. The molecule has 1 heterocycles. The van der Waals surface area contributed by atoms with Crippen molar-refractivity contribution in [2.45, 2.75) is 6.92 Å². The van der Waals surface area contributed by atoms with Gasteiger partial charge in [0.25, 0.3) is 0 Å². The SMILES string of the molecule is Cc1nc(O)ncc1F. The van der Waals surface area contributed by atoms with Crippen LogP contribution in [0.4, 0.5) is 4.39 Å².